The van der Waals surface area contributed by atoms with Crippen molar-refractivity contribution in [2.75, 3.05) is 18.5 Å². The largest absolute Gasteiger partial charge is 0.462 e. The van der Waals surface area contributed by atoms with Gasteiger partial charge in [-0.15, -0.1) is 11.3 Å². The highest BCUT2D eigenvalue weighted by Crippen LogP contribution is 2.30. The molecular weight excluding hydrogens is 340 g/mol. The van der Waals surface area contributed by atoms with Crippen molar-refractivity contribution < 1.29 is 9.53 Å². The van der Waals surface area contributed by atoms with Crippen molar-refractivity contribution in [1.29, 1.82) is 0 Å². The SMILES string of the molecule is CCCNC(=S)Nc1sc(Cc2ccccc2)cc1C(=O)OCC. The number of thiophene rings is 1. The van der Waals surface area contributed by atoms with Crippen molar-refractivity contribution in [3.05, 3.63) is 52.4 Å². The third kappa shape index (κ3) is 5.32. The van der Waals surface area contributed by atoms with Crippen LogP contribution in [0.2, 0.25) is 0 Å². The van der Waals surface area contributed by atoms with Crippen LogP contribution >= 0.6 is 23.6 Å². The Balaban J connectivity index is 2.19. The maximum atomic E-state index is 12.2. The summed E-state index contributed by atoms with van der Waals surface area (Å²) < 4.78 is 5.16. The minimum atomic E-state index is -0.325. The summed E-state index contributed by atoms with van der Waals surface area (Å²) >= 11 is 6.81. The summed E-state index contributed by atoms with van der Waals surface area (Å²) in [6, 6.07) is 12.1. The summed E-state index contributed by atoms with van der Waals surface area (Å²) in [5.74, 6) is -0.325. The molecule has 0 aliphatic carbocycles. The Morgan fingerprint density at radius 1 is 1.25 bits per heavy atom. The van der Waals surface area contributed by atoms with E-state index in [2.05, 4.69) is 29.7 Å². The molecule has 2 rings (SSSR count). The second-order valence-electron chi connectivity index (χ2n) is 5.22. The van der Waals surface area contributed by atoms with Gasteiger partial charge in [-0.1, -0.05) is 37.3 Å². The van der Waals surface area contributed by atoms with Gasteiger partial charge in [-0.2, -0.15) is 0 Å². The van der Waals surface area contributed by atoms with Crippen LogP contribution in [-0.2, 0) is 11.2 Å². The first kappa shape index (κ1) is 18.4. The summed E-state index contributed by atoms with van der Waals surface area (Å²) in [5.41, 5.74) is 1.74. The number of nitrogens with one attached hydrogen (secondary N) is 2. The van der Waals surface area contributed by atoms with Crippen molar-refractivity contribution in [3.8, 4) is 0 Å². The van der Waals surface area contributed by atoms with Gasteiger partial charge in [-0.25, -0.2) is 4.79 Å². The van der Waals surface area contributed by atoms with E-state index in [1.54, 1.807) is 6.92 Å². The van der Waals surface area contributed by atoms with Gasteiger partial charge in [0.1, 0.15) is 5.00 Å². The van der Waals surface area contributed by atoms with E-state index in [4.69, 9.17) is 17.0 Å². The molecule has 128 valence electrons. The summed E-state index contributed by atoms with van der Waals surface area (Å²) in [6.07, 6.45) is 1.75. The number of benzene rings is 1. The lowest BCUT2D eigenvalue weighted by molar-refractivity contribution is 0.0528. The number of ether oxygens (including phenoxy) is 1. The molecule has 24 heavy (non-hydrogen) atoms. The third-order valence-electron chi connectivity index (χ3n) is 3.26. The standard InChI is InChI=1S/C18H22N2O2S2/c1-3-10-19-18(23)20-16-15(17(21)22-4-2)12-14(24-16)11-13-8-6-5-7-9-13/h5-9,12H,3-4,10-11H2,1-2H3,(H2,19,20,23). The van der Waals surface area contributed by atoms with E-state index in [1.165, 1.54) is 16.9 Å². The van der Waals surface area contributed by atoms with Crippen LogP contribution in [0.4, 0.5) is 5.00 Å². The van der Waals surface area contributed by atoms with Crippen LogP contribution in [0.5, 0.6) is 0 Å². The Labute approximate surface area is 152 Å². The van der Waals surface area contributed by atoms with Crippen molar-refractivity contribution in [2.45, 2.75) is 26.7 Å². The van der Waals surface area contributed by atoms with Crippen LogP contribution in [0.15, 0.2) is 36.4 Å². The second-order valence-corrected chi connectivity index (χ2v) is 6.76. The van der Waals surface area contributed by atoms with Gasteiger partial charge in [-0.3, -0.25) is 0 Å². The maximum Gasteiger partial charge on any atom is 0.341 e. The monoisotopic (exact) mass is 362 g/mol. The van der Waals surface area contributed by atoms with Gasteiger partial charge in [0.2, 0.25) is 0 Å². The number of carbonyl (C=O) groups is 1. The fourth-order valence-corrected chi connectivity index (χ4v) is 3.52. The lowest BCUT2D eigenvalue weighted by atomic mass is 10.1. The van der Waals surface area contributed by atoms with Crippen LogP contribution in [0, 0.1) is 0 Å². The van der Waals surface area contributed by atoms with Crippen LogP contribution in [0.25, 0.3) is 0 Å². The van der Waals surface area contributed by atoms with Crippen LogP contribution in [0.3, 0.4) is 0 Å². The van der Waals surface area contributed by atoms with E-state index < -0.39 is 0 Å². The van der Waals surface area contributed by atoms with Crippen molar-refractivity contribution in [2.24, 2.45) is 0 Å². The predicted octanol–water partition coefficient (Wildman–Crippen LogP) is 4.21. The highest BCUT2D eigenvalue weighted by atomic mass is 32.1. The van der Waals surface area contributed by atoms with Gasteiger partial charge in [0.25, 0.3) is 0 Å². The molecule has 4 nitrogen and oxygen atoms in total. The Morgan fingerprint density at radius 3 is 2.67 bits per heavy atom. The third-order valence-corrected chi connectivity index (χ3v) is 4.56. The zero-order valence-electron chi connectivity index (χ0n) is 13.9. The lowest BCUT2D eigenvalue weighted by Gasteiger charge is -2.09. The summed E-state index contributed by atoms with van der Waals surface area (Å²) in [5, 5.41) is 7.49. The average Bonchev–Trinajstić information content (AvgIpc) is 2.96. The molecule has 0 saturated carbocycles. The smallest absolute Gasteiger partial charge is 0.341 e. The van der Waals surface area contributed by atoms with Crippen LogP contribution < -0.4 is 10.6 Å². The van der Waals surface area contributed by atoms with Crippen molar-refractivity contribution >= 4 is 39.6 Å². The zero-order chi connectivity index (χ0) is 17.4. The number of hydrogen-bond acceptors (Lipinski definition) is 4. The molecule has 0 aliphatic rings. The fraction of sp³-hybridized carbons (Fsp3) is 0.333. The quantitative estimate of drug-likeness (QED) is 0.571. The molecule has 0 saturated heterocycles. The topological polar surface area (TPSA) is 50.4 Å². The van der Waals surface area contributed by atoms with Crippen molar-refractivity contribution in [3.63, 3.8) is 0 Å². The van der Waals surface area contributed by atoms with Gasteiger partial charge in [-0.05, 0) is 37.2 Å². The zero-order valence-corrected chi connectivity index (χ0v) is 15.6. The van der Waals surface area contributed by atoms with E-state index in [1.807, 2.05) is 24.3 Å². The van der Waals surface area contributed by atoms with Gasteiger partial charge in [0.15, 0.2) is 5.11 Å². The maximum absolute atomic E-state index is 12.2. The van der Waals surface area contributed by atoms with Crippen LogP contribution in [0.1, 0.15) is 41.1 Å². The van der Waals surface area contributed by atoms with Crippen molar-refractivity contribution in [1.82, 2.24) is 5.32 Å². The number of hydrogen-bond donors (Lipinski definition) is 2. The molecule has 0 unspecified atom stereocenters. The Hall–Kier alpha value is -1.92. The molecule has 0 spiro atoms. The van der Waals surface area contributed by atoms with E-state index in [-0.39, 0.29) is 5.97 Å². The molecule has 1 aromatic carbocycles. The number of thiocarbonyl (C=S) groups is 1. The number of esters is 1. The van der Waals surface area contributed by atoms with Gasteiger partial charge < -0.3 is 15.4 Å². The van der Waals surface area contributed by atoms with E-state index in [0.717, 1.165) is 29.3 Å². The van der Waals surface area contributed by atoms with E-state index >= 15 is 0 Å². The Bertz CT molecular complexity index is 684. The molecule has 6 heteroatoms. The molecule has 2 N–H and O–H groups in total. The number of anilines is 1. The summed E-state index contributed by atoms with van der Waals surface area (Å²) in [4.78, 5) is 13.3. The molecule has 0 aliphatic heterocycles. The molecule has 1 heterocycles. The average molecular weight is 363 g/mol. The summed E-state index contributed by atoms with van der Waals surface area (Å²) in [6.45, 7) is 5.02. The second kappa shape index (κ2) is 9.39. The molecule has 0 bridgehead atoms. The molecule has 0 atom stereocenters. The minimum Gasteiger partial charge on any atom is -0.462 e. The highest BCUT2D eigenvalue weighted by Gasteiger charge is 2.18. The Morgan fingerprint density at radius 2 is 2.00 bits per heavy atom. The minimum absolute atomic E-state index is 0.325. The summed E-state index contributed by atoms with van der Waals surface area (Å²) in [7, 11) is 0. The molecule has 0 radical (unpaired) electrons. The molecule has 0 fully saturated rings. The fourth-order valence-electron chi connectivity index (χ4n) is 2.17. The molecule has 0 amide bonds. The highest BCUT2D eigenvalue weighted by molar-refractivity contribution is 7.80. The van der Waals surface area contributed by atoms with Gasteiger partial charge in [0.05, 0.1) is 12.2 Å². The first-order valence-electron chi connectivity index (χ1n) is 8.02. The lowest BCUT2D eigenvalue weighted by Crippen LogP contribution is -2.29. The Kier molecular flexibility index (Phi) is 7.21. The van der Waals surface area contributed by atoms with Crippen LogP contribution in [-0.4, -0.2) is 24.2 Å². The van der Waals surface area contributed by atoms with E-state index in [0.29, 0.717) is 17.3 Å². The first-order valence-corrected chi connectivity index (χ1v) is 9.25. The van der Waals surface area contributed by atoms with E-state index in [9.17, 15) is 4.79 Å². The molecule has 1 aromatic heterocycles. The van der Waals surface area contributed by atoms with Gasteiger partial charge >= 0.3 is 5.97 Å². The number of carbonyl (C=O) groups excluding carboxylic acids is 1. The predicted molar refractivity (Wildman–Crippen MR) is 104 cm³/mol. The number of rotatable bonds is 7. The normalized spacial score (nSPS) is 10.2. The molecular formula is C18H22N2O2S2. The van der Waals surface area contributed by atoms with Gasteiger partial charge in [0, 0.05) is 17.8 Å². The first-order chi connectivity index (χ1) is 11.6. The molecule has 2 aromatic rings.